The van der Waals surface area contributed by atoms with Crippen LogP contribution in [0.25, 0.3) is 17.0 Å². The molecule has 3 aliphatic carbocycles. The molecule has 0 spiro atoms. The van der Waals surface area contributed by atoms with Gasteiger partial charge in [0.15, 0.2) is 17.3 Å². The van der Waals surface area contributed by atoms with E-state index in [1.165, 1.54) is 18.2 Å². The smallest absolute Gasteiger partial charge is 0.411 e. The van der Waals surface area contributed by atoms with Gasteiger partial charge in [0.25, 0.3) is 5.91 Å². The summed E-state index contributed by atoms with van der Waals surface area (Å²) in [6.07, 6.45) is 4.50. The number of aromatic nitrogens is 6. The van der Waals surface area contributed by atoms with Crippen LogP contribution in [0, 0.1) is 10.8 Å². The Morgan fingerprint density at radius 2 is 1.91 bits per heavy atom. The first-order valence-electron chi connectivity index (χ1n) is 17.8. The van der Waals surface area contributed by atoms with Gasteiger partial charge in [0, 0.05) is 11.0 Å². The van der Waals surface area contributed by atoms with E-state index < -0.39 is 59.3 Å². The molecule has 3 atom stereocenters. The molecule has 2 amide bonds. The summed E-state index contributed by atoms with van der Waals surface area (Å²) >= 11 is 6.47. The number of nitrogens with zero attached hydrogens (tertiary/aromatic N) is 8. The van der Waals surface area contributed by atoms with Gasteiger partial charge < -0.3 is 15.8 Å². The van der Waals surface area contributed by atoms with E-state index in [0.717, 1.165) is 29.6 Å². The van der Waals surface area contributed by atoms with Crippen LogP contribution in [0.3, 0.4) is 0 Å². The lowest BCUT2D eigenvalue weighted by molar-refractivity contribution is -0.164. The molecule has 1 aliphatic heterocycles. The zero-order valence-electron chi connectivity index (χ0n) is 30.4. The lowest BCUT2D eigenvalue weighted by Gasteiger charge is -2.45. The van der Waals surface area contributed by atoms with Crippen molar-refractivity contribution in [3.8, 4) is 11.4 Å². The summed E-state index contributed by atoms with van der Waals surface area (Å²) in [5, 5.41) is 14.1. The summed E-state index contributed by atoms with van der Waals surface area (Å²) in [6, 6.07) is 3.25. The molecular weight excluding hydrogens is 751 g/mol. The number of aliphatic imine (C=N–C) groups is 1. The molecule has 1 aromatic carbocycles. The fraction of sp³-hybridized carbons (Fsp3) is 0.528. The van der Waals surface area contributed by atoms with Gasteiger partial charge >= 0.3 is 18.8 Å². The van der Waals surface area contributed by atoms with Crippen molar-refractivity contribution in [2.45, 2.75) is 102 Å². The molecule has 0 radical (unpaired) electrons. The number of rotatable bonds is 11. The normalized spacial score (nSPS) is 24.2. The third kappa shape index (κ3) is 7.08. The predicted octanol–water partition coefficient (Wildman–Crippen LogP) is 7.16. The third-order valence-electron chi connectivity index (χ3n) is 10.7. The fourth-order valence-electron chi connectivity index (χ4n) is 7.33. The Labute approximate surface area is 317 Å². The molecule has 4 aliphatic rings. The highest BCUT2D eigenvalue weighted by molar-refractivity contribution is 6.33. The Morgan fingerprint density at radius 1 is 1.18 bits per heavy atom. The lowest BCUT2D eigenvalue weighted by Crippen LogP contribution is -2.55. The molecule has 55 heavy (non-hydrogen) atoms. The van der Waals surface area contributed by atoms with Crippen molar-refractivity contribution >= 4 is 35.1 Å². The van der Waals surface area contributed by atoms with Crippen molar-refractivity contribution in [3.63, 3.8) is 0 Å². The van der Waals surface area contributed by atoms with Crippen LogP contribution in [0.4, 0.5) is 26.7 Å². The van der Waals surface area contributed by atoms with Crippen molar-refractivity contribution in [2.75, 3.05) is 6.61 Å². The average molecular weight is 791 g/mol. The number of carbonyl (C=O) groups is 2. The summed E-state index contributed by atoms with van der Waals surface area (Å²) in [5.74, 6) is -1.09. The highest BCUT2D eigenvalue weighted by Gasteiger charge is 2.65. The van der Waals surface area contributed by atoms with E-state index in [1.807, 2.05) is 62.1 Å². The van der Waals surface area contributed by atoms with E-state index in [-0.39, 0.29) is 47.2 Å². The van der Waals surface area contributed by atoms with E-state index in [2.05, 4.69) is 20.4 Å². The molecule has 7 rings (SSSR count). The first-order chi connectivity index (χ1) is 25.8. The number of allylic oxidation sites excluding steroid dienone is 3. The van der Waals surface area contributed by atoms with Crippen LogP contribution in [-0.2, 0) is 9.53 Å². The summed E-state index contributed by atoms with van der Waals surface area (Å²) < 4.78 is 76.5. The Bertz CT molecular complexity index is 2100. The average Bonchev–Trinajstić information content (AvgIpc) is 3.97. The predicted molar refractivity (Wildman–Crippen MR) is 190 cm³/mol. The number of alkyl halides is 5. The van der Waals surface area contributed by atoms with Crippen LogP contribution < -0.4 is 11.1 Å². The Morgan fingerprint density at radius 3 is 2.51 bits per heavy atom. The van der Waals surface area contributed by atoms with E-state index in [9.17, 15) is 26.7 Å². The highest BCUT2D eigenvalue weighted by atomic mass is 35.5. The van der Waals surface area contributed by atoms with Gasteiger partial charge in [-0.25, -0.2) is 19.5 Å². The molecule has 3 N–H and O–H groups in total. The second kappa shape index (κ2) is 13.4. The van der Waals surface area contributed by atoms with Gasteiger partial charge in [0.1, 0.15) is 24.2 Å². The van der Waals surface area contributed by atoms with Gasteiger partial charge in [-0.2, -0.15) is 31.7 Å². The van der Waals surface area contributed by atoms with Crippen LogP contribution >= 0.6 is 11.6 Å². The number of guanidine groups is 1. The summed E-state index contributed by atoms with van der Waals surface area (Å²) in [5.41, 5.74) is 2.99. The van der Waals surface area contributed by atoms with Crippen LogP contribution in [0.1, 0.15) is 96.1 Å². The number of nitrogens with one attached hydrogen (secondary N) is 1. The lowest BCUT2D eigenvalue weighted by atomic mass is 9.61. The maximum absolute atomic E-state index is 15.2. The van der Waals surface area contributed by atoms with Crippen LogP contribution in [-0.4, -0.2) is 76.5 Å². The number of hydrogen-bond acceptors (Lipinski definition) is 9. The first kappa shape index (κ1) is 38.4. The Kier molecular flexibility index (Phi) is 9.36. The molecular formula is C36H40ClF5N10O3. The number of ether oxygens (including phenoxy) is 1. The van der Waals surface area contributed by atoms with E-state index in [1.54, 1.807) is 0 Å². The highest BCUT2D eigenvalue weighted by Crippen LogP contribution is 2.53. The van der Waals surface area contributed by atoms with Gasteiger partial charge in [-0.3, -0.25) is 9.69 Å². The van der Waals surface area contributed by atoms with Crippen molar-refractivity contribution in [1.29, 1.82) is 0 Å². The van der Waals surface area contributed by atoms with Crippen LogP contribution in [0.2, 0.25) is 5.02 Å². The van der Waals surface area contributed by atoms with Crippen molar-refractivity contribution in [2.24, 2.45) is 21.6 Å². The zero-order valence-corrected chi connectivity index (χ0v) is 31.2. The molecule has 3 aromatic rings. The molecule has 294 valence electrons. The number of carbonyl (C=O) groups excluding carboxylic acids is 2. The van der Waals surface area contributed by atoms with Crippen molar-refractivity contribution in [1.82, 2.24) is 40.0 Å². The van der Waals surface area contributed by atoms with Gasteiger partial charge in [-0.15, -0.1) is 5.10 Å². The maximum Gasteiger partial charge on any atom is 0.411 e. The van der Waals surface area contributed by atoms with Crippen LogP contribution in [0.5, 0.6) is 0 Å². The molecule has 0 saturated heterocycles. The first-order valence-corrected chi connectivity index (χ1v) is 18.1. The summed E-state index contributed by atoms with van der Waals surface area (Å²) in [6.45, 7) is 3.98. The number of nitrogens with two attached hydrogens (primary N) is 1. The zero-order chi connectivity index (χ0) is 39.7. The number of amides is 2. The van der Waals surface area contributed by atoms with Crippen molar-refractivity contribution in [3.05, 3.63) is 65.2 Å². The third-order valence-corrected chi connectivity index (χ3v) is 11.0. The monoisotopic (exact) mass is 790 g/mol. The topological polar surface area (TPSA) is 158 Å². The molecule has 1 unspecified atom stereocenters. The quantitative estimate of drug-likeness (QED) is 0.194. The SMILES string of the molecule is CC(C)(C)C[C@]1(C2(C)C=CC(c3cn(C4CC4)nn3)=CC2)N=C(N)N([C@H](COC(=O)NC2(C(F)(F)F)CC2)c2ccc(Cl)c(-c3ncnn3C(F)F)c2)C1=O. The molecule has 0 bridgehead atoms. The molecule has 13 nitrogen and oxygen atoms in total. The Balaban J connectivity index is 1.25. The number of halogens is 6. The van der Waals surface area contributed by atoms with E-state index in [0.29, 0.717) is 22.8 Å². The number of alkyl carbamates (subject to hydrolysis) is 1. The van der Waals surface area contributed by atoms with Gasteiger partial charge in [0.05, 0.1) is 23.3 Å². The summed E-state index contributed by atoms with van der Waals surface area (Å²) in [4.78, 5) is 38.1. The minimum atomic E-state index is -4.71. The van der Waals surface area contributed by atoms with Crippen LogP contribution in [0.15, 0.2) is 53.9 Å². The van der Waals surface area contributed by atoms with Crippen molar-refractivity contribution < 1.29 is 36.3 Å². The second-order valence-corrected chi connectivity index (χ2v) is 16.4. The second-order valence-electron chi connectivity index (χ2n) is 16.0. The van der Waals surface area contributed by atoms with Gasteiger partial charge in [0.2, 0.25) is 0 Å². The number of hydrogen-bond donors (Lipinski definition) is 2. The standard InChI is InChI=1S/C36H40ClF5N10O3/c1-32(2,3)18-35(33(4)11-9-20(10-12-33)25-16-50(49-48-25)22-6-7-22)28(53)51(30(43)46-35)26(17-55-31(54)47-34(13-14-34)36(40,41)42)21-5-8-24(37)23(15-21)27-44-19-45-52(27)29(38)39/h5,8-11,15-16,19,22,26,29H,6-7,12-14,17-18H2,1-4H3,(H2,43,46)(H,47,54)/t26-,33?,35+/m1/s1. The van der Waals surface area contributed by atoms with E-state index >= 15 is 4.79 Å². The fourth-order valence-corrected chi connectivity index (χ4v) is 7.53. The Hall–Kier alpha value is -4.87. The number of benzene rings is 1. The molecule has 2 fully saturated rings. The van der Waals surface area contributed by atoms with Gasteiger partial charge in [-0.05, 0) is 67.2 Å². The molecule has 2 saturated carbocycles. The maximum atomic E-state index is 15.2. The molecule has 19 heteroatoms. The largest absolute Gasteiger partial charge is 0.447 e. The van der Waals surface area contributed by atoms with Gasteiger partial charge in [-0.1, -0.05) is 68.8 Å². The minimum absolute atomic E-state index is 0.00185. The molecule has 2 aromatic heterocycles. The minimum Gasteiger partial charge on any atom is -0.447 e. The molecule has 3 heterocycles. The summed E-state index contributed by atoms with van der Waals surface area (Å²) in [7, 11) is 0. The van der Waals surface area contributed by atoms with E-state index in [4.69, 9.17) is 27.1 Å².